The molecule has 1 N–H and O–H groups in total. The number of carbonyl (C=O) groups excluding carboxylic acids is 1. The fraction of sp³-hybridized carbons (Fsp3) is 0.263. The Morgan fingerprint density at radius 3 is 2.00 bits per heavy atom. The lowest BCUT2D eigenvalue weighted by molar-refractivity contribution is -0.130. The molecule has 2 aliphatic heterocycles. The quantitative estimate of drug-likeness (QED) is 0.675. The lowest BCUT2D eigenvalue weighted by atomic mass is 10.2. The molecule has 2 atom stereocenters. The van der Waals surface area contributed by atoms with Gasteiger partial charge in [0.25, 0.3) is 5.91 Å². The number of benzene rings is 2. The second-order valence-electron chi connectivity index (χ2n) is 5.96. The topological polar surface area (TPSA) is 78.4 Å². The number of hydrogen-bond donors (Lipinski definition) is 1. The molecule has 0 fully saturated rings. The van der Waals surface area contributed by atoms with Gasteiger partial charge in [-0.2, -0.15) is 5.10 Å². The first kappa shape index (κ1) is 16.3. The molecule has 0 spiro atoms. The SMILES string of the molecule is C/C(=N/NC(=O)[C@H]1COc2ccccc2O1)[C@H]1COc2ccccc2O1. The van der Waals surface area contributed by atoms with Crippen molar-refractivity contribution >= 4 is 11.6 Å². The van der Waals surface area contributed by atoms with Crippen molar-refractivity contribution in [2.24, 2.45) is 5.10 Å². The number of rotatable bonds is 3. The zero-order chi connectivity index (χ0) is 17.9. The van der Waals surface area contributed by atoms with Crippen molar-refractivity contribution in [1.29, 1.82) is 0 Å². The van der Waals surface area contributed by atoms with E-state index in [-0.39, 0.29) is 18.6 Å². The molecule has 2 aromatic rings. The van der Waals surface area contributed by atoms with E-state index in [0.29, 0.717) is 35.3 Å². The Hall–Kier alpha value is -3.22. The zero-order valence-corrected chi connectivity index (χ0v) is 14.2. The monoisotopic (exact) mass is 354 g/mol. The van der Waals surface area contributed by atoms with Crippen LogP contribution in [0.5, 0.6) is 23.0 Å². The van der Waals surface area contributed by atoms with Crippen molar-refractivity contribution in [2.75, 3.05) is 13.2 Å². The number of fused-ring (bicyclic) bond motifs is 2. The Kier molecular flexibility index (Phi) is 4.35. The summed E-state index contributed by atoms with van der Waals surface area (Å²) in [6, 6.07) is 14.7. The smallest absolute Gasteiger partial charge is 0.284 e. The molecule has 0 radical (unpaired) electrons. The molecule has 134 valence electrons. The van der Waals surface area contributed by atoms with Gasteiger partial charge in [-0.25, -0.2) is 5.43 Å². The van der Waals surface area contributed by atoms with E-state index in [4.69, 9.17) is 18.9 Å². The van der Waals surface area contributed by atoms with Crippen molar-refractivity contribution in [1.82, 2.24) is 5.43 Å². The van der Waals surface area contributed by atoms with Crippen LogP contribution in [0.15, 0.2) is 53.6 Å². The van der Waals surface area contributed by atoms with Crippen LogP contribution in [0.2, 0.25) is 0 Å². The molecule has 0 unspecified atom stereocenters. The van der Waals surface area contributed by atoms with Gasteiger partial charge in [-0.1, -0.05) is 24.3 Å². The number of amides is 1. The molecule has 0 bridgehead atoms. The Morgan fingerprint density at radius 1 is 0.885 bits per heavy atom. The Bertz CT molecular complexity index is 851. The van der Waals surface area contributed by atoms with E-state index in [9.17, 15) is 4.79 Å². The minimum absolute atomic E-state index is 0.133. The summed E-state index contributed by atoms with van der Waals surface area (Å²) in [4.78, 5) is 12.3. The van der Waals surface area contributed by atoms with Gasteiger partial charge in [-0.05, 0) is 31.2 Å². The molecule has 2 heterocycles. The molecule has 0 saturated carbocycles. The third-order valence-electron chi connectivity index (χ3n) is 4.12. The number of para-hydroxylation sites is 4. The van der Waals surface area contributed by atoms with Gasteiger partial charge in [0.15, 0.2) is 29.1 Å². The third kappa shape index (κ3) is 3.28. The molecule has 4 rings (SSSR count). The summed E-state index contributed by atoms with van der Waals surface area (Å²) in [5.74, 6) is 2.15. The first-order valence-corrected chi connectivity index (χ1v) is 8.32. The summed E-state index contributed by atoms with van der Waals surface area (Å²) in [5.41, 5.74) is 3.11. The van der Waals surface area contributed by atoms with E-state index < -0.39 is 6.10 Å². The minimum Gasteiger partial charge on any atom is -0.485 e. The highest BCUT2D eigenvalue weighted by molar-refractivity contribution is 5.89. The first-order valence-electron chi connectivity index (χ1n) is 8.32. The molecular weight excluding hydrogens is 336 g/mol. The first-order chi connectivity index (χ1) is 12.7. The number of nitrogens with one attached hydrogen (secondary N) is 1. The summed E-state index contributed by atoms with van der Waals surface area (Å²) in [6.45, 7) is 2.24. The standard InChI is InChI=1S/C19H18N2O5/c1-12(17-10-23-13-6-2-4-8-15(13)25-17)20-21-19(22)18-11-24-14-7-3-5-9-16(14)26-18/h2-9,17-18H,10-11H2,1H3,(H,21,22)/b20-12-/t17-,18-/m1/s1. The van der Waals surface area contributed by atoms with Crippen LogP contribution in [0, 0.1) is 0 Å². The summed E-state index contributed by atoms with van der Waals surface area (Å²) in [7, 11) is 0. The molecule has 7 heteroatoms. The van der Waals surface area contributed by atoms with Gasteiger partial charge in [-0.15, -0.1) is 0 Å². The van der Waals surface area contributed by atoms with Gasteiger partial charge in [0.1, 0.15) is 13.2 Å². The maximum absolute atomic E-state index is 12.3. The van der Waals surface area contributed by atoms with E-state index in [0.717, 1.165) is 0 Å². The maximum Gasteiger partial charge on any atom is 0.284 e. The summed E-state index contributed by atoms with van der Waals surface area (Å²) < 4.78 is 22.7. The van der Waals surface area contributed by atoms with E-state index in [2.05, 4.69) is 10.5 Å². The molecule has 1 amide bonds. The molecule has 26 heavy (non-hydrogen) atoms. The number of hydrogen-bond acceptors (Lipinski definition) is 6. The fourth-order valence-corrected chi connectivity index (χ4v) is 2.66. The minimum atomic E-state index is -0.759. The average molecular weight is 354 g/mol. The van der Waals surface area contributed by atoms with E-state index in [1.54, 1.807) is 19.1 Å². The number of ether oxygens (including phenoxy) is 4. The summed E-state index contributed by atoms with van der Waals surface area (Å²) in [6.07, 6.45) is -1.12. The van der Waals surface area contributed by atoms with Crippen LogP contribution in [0.3, 0.4) is 0 Å². The van der Waals surface area contributed by atoms with Crippen molar-refractivity contribution in [3.63, 3.8) is 0 Å². The van der Waals surface area contributed by atoms with Crippen LogP contribution in [-0.2, 0) is 4.79 Å². The molecule has 0 saturated heterocycles. The zero-order valence-electron chi connectivity index (χ0n) is 14.2. The number of nitrogens with zero attached hydrogens (tertiary/aromatic N) is 1. The van der Waals surface area contributed by atoms with Crippen LogP contribution >= 0.6 is 0 Å². The van der Waals surface area contributed by atoms with Gasteiger partial charge in [0, 0.05) is 0 Å². The van der Waals surface area contributed by atoms with Crippen LogP contribution in [0.4, 0.5) is 0 Å². The van der Waals surface area contributed by atoms with E-state index >= 15 is 0 Å². The third-order valence-corrected chi connectivity index (χ3v) is 4.12. The molecule has 0 aromatic heterocycles. The number of hydrazone groups is 1. The predicted molar refractivity (Wildman–Crippen MR) is 94.0 cm³/mol. The van der Waals surface area contributed by atoms with E-state index in [1.807, 2.05) is 36.4 Å². The second-order valence-corrected chi connectivity index (χ2v) is 5.96. The predicted octanol–water partition coefficient (Wildman–Crippen LogP) is 2.16. The second kappa shape index (κ2) is 6.95. The molecule has 0 aliphatic carbocycles. The van der Waals surface area contributed by atoms with Gasteiger partial charge in [-0.3, -0.25) is 4.79 Å². The van der Waals surface area contributed by atoms with Crippen molar-refractivity contribution < 1.29 is 23.7 Å². The highest BCUT2D eigenvalue weighted by Gasteiger charge is 2.28. The Morgan fingerprint density at radius 2 is 1.38 bits per heavy atom. The normalized spacial score (nSPS) is 21.0. The van der Waals surface area contributed by atoms with Gasteiger partial charge < -0.3 is 18.9 Å². The van der Waals surface area contributed by atoms with Crippen LogP contribution < -0.4 is 24.4 Å². The van der Waals surface area contributed by atoms with Gasteiger partial charge >= 0.3 is 0 Å². The summed E-state index contributed by atoms with van der Waals surface area (Å²) in [5, 5.41) is 4.13. The average Bonchev–Trinajstić information content (AvgIpc) is 2.71. The van der Waals surface area contributed by atoms with E-state index in [1.165, 1.54) is 0 Å². The fourth-order valence-electron chi connectivity index (χ4n) is 2.66. The van der Waals surface area contributed by atoms with Crippen LogP contribution in [0.1, 0.15) is 6.92 Å². The Balaban J connectivity index is 1.37. The van der Waals surface area contributed by atoms with Crippen molar-refractivity contribution in [2.45, 2.75) is 19.1 Å². The lowest BCUT2D eigenvalue weighted by Crippen LogP contribution is -2.43. The van der Waals surface area contributed by atoms with Gasteiger partial charge in [0.05, 0.1) is 5.71 Å². The molecular formula is C19H18N2O5. The number of carbonyl (C=O) groups is 1. The Labute approximate surface area is 150 Å². The van der Waals surface area contributed by atoms with Crippen molar-refractivity contribution in [3.8, 4) is 23.0 Å². The largest absolute Gasteiger partial charge is 0.485 e. The maximum atomic E-state index is 12.3. The summed E-state index contributed by atoms with van der Waals surface area (Å²) >= 11 is 0. The highest BCUT2D eigenvalue weighted by atomic mass is 16.6. The van der Waals surface area contributed by atoms with Crippen LogP contribution in [0.25, 0.3) is 0 Å². The lowest BCUT2D eigenvalue weighted by Gasteiger charge is -2.27. The van der Waals surface area contributed by atoms with Crippen LogP contribution in [-0.4, -0.2) is 37.0 Å². The molecule has 7 nitrogen and oxygen atoms in total. The van der Waals surface area contributed by atoms with Gasteiger partial charge in [0.2, 0.25) is 6.10 Å². The molecule has 2 aromatic carbocycles. The highest BCUT2D eigenvalue weighted by Crippen LogP contribution is 2.32. The van der Waals surface area contributed by atoms with Crippen molar-refractivity contribution in [3.05, 3.63) is 48.5 Å². The molecule has 2 aliphatic rings.